The van der Waals surface area contributed by atoms with Gasteiger partial charge in [-0.3, -0.25) is 0 Å². The number of ether oxygens (including phenoxy) is 5. The van der Waals surface area contributed by atoms with Crippen molar-refractivity contribution in [2.45, 2.75) is 18.9 Å². The van der Waals surface area contributed by atoms with Gasteiger partial charge in [-0.15, -0.1) is 0 Å². The first kappa shape index (κ1) is 20.6. The fraction of sp³-hybridized carbons (Fsp3) is 0.304. The van der Waals surface area contributed by atoms with Crippen molar-refractivity contribution < 1.29 is 32.9 Å². The van der Waals surface area contributed by atoms with Crippen LogP contribution in [0, 0.1) is 0 Å². The van der Waals surface area contributed by atoms with Gasteiger partial charge in [0, 0.05) is 5.56 Å². The molecule has 0 N–H and O–H groups in total. The molecule has 2 atom stereocenters. The molecule has 0 fully saturated rings. The van der Waals surface area contributed by atoms with Gasteiger partial charge in [-0.2, -0.15) is 0 Å². The van der Waals surface area contributed by atoms with Crippen LogP contribution in [0.15, 0.2) is 45.6 Å². The number of carbonyl (C=O) groups excluding carboxylic acids is 1. The maximum absolute atomic E-state index is 13.0. The maximum atomic E-state index is 13.0. The minimum atomic E-state index is -1.10. The summed E-state index contributed by atoms with van der Waals surface area (Å²) in [5.74, 6) is -0.0187. The lowest BCUT2D eigenvalue weighted by molar-refractivity contribution is -0.151. The summed E-state index contributed by atoms with van der Waals surface area (Å²) in [6, 6.07) is 10.4. The molecule has 31 heavy (non-hydrogen) atoms. The van der Waals surface area contributed by atoms with Gasteiger partial charge in [0.25, 0.3) is 0 Å². The largest absolute Gasteiger partial charge is 0.493 e. The quantitative estimate of drug-likeness (QED) is 0.438. The Balaban J connectivity index is 2.01. The Bertz CT molecular complexity index is 1200. The van der Waals surface area contributed by atoms with Crippen LogP contribution in [0.5, 0.6) is 23.0 Å². The summed E-state index contributed by atoms with van der Waals surface area (Å²) >= 11 is 0. The van der Waals surface area contributed by atoms with Crippen LogP contribution in [0.4, 0.5) is 0 Å². The average molecular weight is 426 g/mol. The molecule has 0 saturated carbocycles. The predicted octanol–water partition coefficient (Wildman–Crippen LogP) is 3.27. The zero-order valence-corrected chi connectivity index (χ0v) is 17.6. The smallest absolute Gasteiger partial charge is 0.348 e. The predicted molar refractivity (Wildman–Crippen MR) is 111 cm³/mol. The highest BCUT2D eigenvalue weighted by molar-refractivity contribution is 5.89. The second kappa shape index (κ2) is 8.22. The third kappa shape index (κ3) is 3.24. The third-order valence-corrected chi connectivity index (χ3v) is 5.25. The molecule has 2 heterocycles. The highest BCUT2D eigenvalue weighted by Gasteiger charge is 2.46. The van der Waals surface area contributed by atoms with Crippen molar-refractivity contribution in [1.29, 1.82) is 0 Å². The molecule has 0 unspecified atom stereocenters. The van der Waals surface area contributed by atoms with Crippen LogP contribution in [0.3, 0.4) is 0 Å². The van der Waals surface area contributed by atoms with Crippen molar-refractivity contribution in [2.24, 2.45) is 0 Å². The van der Waals surface area contributed by atoms with Crippen molar-refractivity contribution in [3.63, 3.8) is 0 Å². The molecule has 162 valence electrons. The Labute approximate surface area is 178 Å². The minimum absolute atomic E-state index is 0.167. The molecule has 0 bridgehead atoms. The van der Waals surface area contributed by atoms with Gasteiger partial charge in [0.15, 0.2) is 11.5 Å². The molecule has 1 aliphatic heterocycles. The van der Waals surface area contributed by atoms with Gasteiger partial charge < -0.3 is 28.1 Å². The first-order valence-corrected chi connectivity index (χ1v) is 9.73. The molecular weight excluding hydrogens is 404 g/mol. The van der Waals surface area contributed by atoms with Gasteiger partial charge in [-0.25, -0.2) is 9.59 Å². The summed E-state index contributed by atoms with van der Waals surface area (Å²) in [7, 11) is 4.46. The Kier molecular flexibility index (Phi) is 5.46. The molecule has 0 saturated heterocycles. The van der Waals surface area contributed by atoms with Crippen LogP contribution < -0.4 is 24.6 Å². The van der Waals surface area contributed by atoms with Crippen molar-refractivity contribution in [3.8, 4) is 23.0 Å². The molecule has 1 aromatic heterocycles. The van der Waals surface area contributed by atoms with Gasteiger partial charge >= 0.3 is 11.6 Å². The van der Waals surface area contributed by atoms with E-state index in [-0.39, 0.29) is 12.2 Å². The number of para-hydroxylation sites is 1. The molecule has 0 radical (unpaired) electrons. The van der Waals surface area contributed by atoms with Gasteiger partial charge in [-0.1, -0.05) is 18.2 Å². The first-order chi connectivity index (χ1) is 15.0. The minimum Gasteiger partial charge on any atom is -0.493 e. The number of methoxy groups -OCH3 is 3. The van der Waals surface area contributed by atoms with Crippen LogP contribution in [0.2, 0.25) is 0 Å². The number of hydrogen-bond acceptors (Lipinski definition) is 8. The van der Waals surface area contributed by atoms with Crippen LogP contribution >= 0.6 is 0 Å². The van der Waals surface area contributed by atoms with Crippen molar-refractivity contribution in [2.75, 3.05) is 27.9 Å². The number of esters is 1. The summed E-state index contributed by atoms with van der Waals surface area (Å²) in [5, 5.41) is 0.591. The van der Waals surface area contributed by atoms with Crippen LogP contribution in [-0.2, 0) is 9.53 Å². The first-order valence-electron chi connectivity index (χ1n) is 9.73. The van der Waals surface area contributed by atoms with Crippen molar-refractivity contribution in [3.05, 3.63) is 57.9 Å². The lowest BCUT2D eigenvalue weighted by Crippen LogP contribution is -2.32. The van der Waals surface area contributed by atoms with E-state index < -0.39 is 23.6 Å². The monoisotopic (exact) mass is 426 g/mol. The lowest BCUT2D eigenvalue weighted by Gasteiger charge is -2.22. The maximum Gasteiger partial charge on any atom is 0.348 e. The number of benzene rings is 2. The number of rotatable bonds is 6. The highest BCUT2D eigenvalue weighted by atomic mass is 16.6. The van der Waals surface area contributed by atoms with Gasteiger partial charge in [-0.05, 0) is 25.1 Å². The van der Waals surface area contributed by atoms with E-state index in [2.05, 4.69) is 0 Å². The normalized spacial score (nSPS) is 17.0. The molecule has 0 spiro atoms. The van der Waals surface area contributed by atoms with E-state index in [1.807, 2.05) is 0 Å². The topological polar surface area (TPSA) is 93.4 Å². The van der Waals surface area contributed by atoms with Gasteiger partial charge in [0.2, 0.25) is 11.9 Å². The highest BCUT2D eigenvalue weighted by Crippen LogP contribution is 2.50. The molecule has 8 heteroatoms. The zero-order chi connectivity index (χ0) is 22.1. The van der Waals surface area contributed by atoms with E-state index in [4.69, 9.17) is 28.1 Å². The molecule has 0 aliphatic carbocycles. The van der Waals surface area contributed by atoms with Gasteiger partial charge in [0.05, 0.1) is 44.8 Å². The molecule has 2 aromatic carbocycles. The second-order valence-corrected chi connectivity index (χ2v) is 6.82. The number of hydrogen-bond donors (Lipinski definition) is 0. The zero-order valence-electron chi connectivity index (χ0n) is 17.6. The van der Waals surface area contributed by atoms with E-state index in [0.717, 1.165) is 0 Å². The molecule has 0 amide bonds. The van der Waals surface area contributed by atoms with E-state index in [1.54, 1.807) is 43.3 Å². The Hall–Kier alpha value is -3.68. The third-order valence-electron chi connectivity index (χ3n) is 5.25. The number of carbonyl (C=O) groups is 1. The summed E-state index contributed by atoms with van der Waals surface area (Å²) < 4.78 is 33.3. The summed E-state index contributed by atoms with van der Waals surface area (Å²) in [6.07, 6.45) is -1.10. The molecule has 1 aliphatic rings. The van der Waals surface area contributed by atoms with E-state index in [9.17, 15) is 9.59 Å². The molecular formula is C23H22O8. The Morgan fingerprint density at radius 3 is 2.42 bits per heavy atom. The fourth-order valence-corrected chi connectivity index (χ4v) is 3.97. The van der Waals surface area contributed by atoms with E-state index in [1.165, 1.54) is 21.3 Å². The van der Waals surface area contributed by atoms with Crippen LogP contribution in [0.25, 0.3) is 11.0 Å². The summed E-state index contributed by atoms with van der Waals surface area (Å²) in [5.41, 5.74) is 0.512. The van der Waals surface area contributed by atoms with Crippen molar-refractivity contribution >= 4 is 16.9 Å². The molecule has 4 rings (SSSR count). The van der Waals surface area contributed by atoms with E-state index in [0.29, 0.717) is 39.5 Å². The Morgan fingerprint density at radius 2 is 1.74 bits per heavy atom. The van der Waals surface area contributed by atoms with Crippen molar-refractivity contribution in [1.82, 2.24) is 0 Å². The lowest BCUT2D eigenvalue weighted by atomic mass is 9.87. The second-order valence-electron chi connectivity index (χ2n) is 6.82. The summed E-state index contributed by atoms with van der Waals surface area (Å²) in [4.78, 5) is 25.9. The Morgan fingerprint density at radius 1 is 1.00 bits per heavy atom. The molecule has 8 nitrogen and oxygen atoms in total. The molecule has 3 aromatic rings. The average Bonchev–Trinajstić information content (AvgIpc) is 3.19. The van der Waals surface area contributed by atoms with Crippen LogP contribution in [-0.4, -0.2) is 40.0 Å². The van der Waals surface area contributed by atoms with E-state index >= 15 is 0 Å². The van der Waals surface area contributed by atoms with Crippen LogP contribution in [0.1, 0.15) is 24.0 Å². The number of fused-ring (bicyclic) bond motifs is 3. The summed E-state index contributed by atoms with van der Waals surface area (Å²) in [6.45, 7) is 1.87. The fourth-order valence-electron chi connectivity index (χ4n) is 3.97. The van der Waals surface area contributed by atoms with Gasteiger partial charge in [0.1, 0.15) is 11.3 Å². The standard InChI is InChI=1S/C23H22O8/c1-5-29-23(25)21-16(13-10-11-15(26-2)20(28-4)19(13)27-3)17-18(31-21)12-8-6-7-9-14(12)30-22(17)24/h6-11,16,21H,5H2,1-4H3/t16-,21-/m0/s1. The SMILES string of the molecule is CCOC(=O)[C@H]1Oc2c(c(=O)oc3ccccc23)[C@@H]1c1ccc(OC)c(OC)c1OC.